The zero-order chi connectivity index (χ0) is 22.1. The molecule has 0 heterocycles. The topological polar surface area (TPSA) is 54.4 Å². The highest BCUT2D eigenvalue weighted by atomic mass is 16.4. The van der Waals surface area contributed by atoms with E-state index in [0.717, 1.165) is 12.8 Å². The SMILES string of the molecule is CCCCCCCCCCCCCCCCCCCCCC(=O)CCCCC(=O)O. The number of carboxylic acid groups (broad SMARTS) is 1. The summed E-state index contributed by atoms with van der Waals surface area (Å²) in [6.45, 7) is 2.28. The van der Waals surface area contributed by atoms with Gasteiger partial charge in [0.25, 0.3) is 0 Å². The van der Waals surface area contributed by atoms with E-state index in [1.165, 1.54) is 116 Å². The minimum Gasteiger partial charge on any atom is -0.481 e. The van der Waals surface area contributed by atoms with Gasteiger partial charge in [-0.15, -0.1) is 0 Å². The number of unbranched alkanes of at least 4 members (excludes halogenated alkanes) is 19. The summed E-state index contributed by atoms with van der Waals surface area (Å²) in [5.74, 6) is -0.450. The Kier molecular flexibility index (Phi) is 23.7. The summed E-state index contributed by atoms with van der Waals surface area (Å²) in [6.07, 6.45) is 28.8. The zero-order valence-electron chi connectivity index (χ0n) is 20.2. The number of aliphatic carboxylic acids is 1. The Balaban J connectivity index is 3.11. The maximum Gasteiger partial charge on any atom is 0.303 e. The first-order chi connectivity index (χ1) is 14.7. The lowest BCUT2D eigenvalue weighted by molar-refractivity contribution is -0.137. The van der Waals surface area contributed by atoms with Crippen LogP contribution in [-0.2, 0) is 9.59 Å². The van der Waals surface area contributed by atoms with Crippen LogP contribution in [0.1, 0.15) is 161 Å². The van der Waals surface area contributed by atoms with E-state index in [1.54, 1.807) is 0 Å². The first-order valence-corrected chi connectivity index (χ1v) is 13.4. The van der Waals surface area contributed by atoms with Crippen molar-refractivity contribution in [1.82, 2.24) is 0 Å². The number of carbonyl (C=O) groups is 2. The Morgan fingerprint density at radius 3 is 1.03 bits per heavy atom. The summed E-state index contributed by atoms with van der Waals surface area (Å²) >= 11 is 0. The molecule has 3 nitrogen and oxygen atoms in total. The second-order valence-electron chi connectivity index (χ2n) is 9.25. The van der Waals surface area contributed by atoms with Crippen LogP contribution in [-0.4, -0.2) is 16.9 Å². The van der Waals surface area contributed by atoms with Crippen molar-refractivity contribution in [2.75, 3.05) is 0 Å². The summed E-state index contributed by atoms with van der Waals surface area (Å²) in [4.78, 5) is 22.1. The van der Waals surface area contributed by atoms with Gasteiger partial charge in [0, 0.05) is 19.3 Å². The Bertz CT molecular complexity index is 378. The molecule has 0 rings (SSSR count). The van der Waals surface area contributed by atoms with E-state index in [4.69, 9.17) is 5.11 Å². The molecule has 30 heavy (non-hydrogen) atoms. The molecule has 0 amide bonds. The number of carboxylic acids is 1. The summed E-state index contributed by atoms with van der Waals surface area (Å²) in [6, 6.07) is 0. The van der Waals surface area contributed by atoms with Crippen molar-refractivity contribution in [2.24, 2.45) is 0 Å². The molecule has 0 aromatic rings. The Morgan fingerprint density at radius 1 is 0.433 bits per heavy atom. The smallest absolute Gasteiger partial charge is 0.303 e. The Labute approximate surface area is 187 Å². The molecule has 0 aromatic heterocycles. The predicted molar refractivity (Wildman–Crippen MR) is 129 cm³/mol. The molecular weight excluding hydrogens is 372 g/mol. The van der Waals surface area contributed by atoms with Crippen molar-refractivity contribution < 1.29 is 14.7 Å². The third-order valence-electron chi connectivity index (χ3n) is 6.16. The highest BCUT2D eigenvalue weighted by Crippen LogP contribution is 2.15. The number of hydrogen-bond acceptors (Lipinski definition) is 2. The van der Waals surface area contributed by atoms with Crippen LogP contribution in [0.25, 0.3) is 0 Å². The van der Waals surface area contributed by atoms with Gasteiger partial charge >= 0.3 is 5.97 Å². The quantitative estimate of drug-likeness (QED) is 0.149. The zero-order valence-corrected chi connectivity index (χ0v) is 20.2. The molecule has 3 heteroatoms. The largest absolute Gasteiger partial charge is 0.481 e. The Morgan fingerprint density at radius 2 is 0.700 bits per heavy atom. The average Bonchev–Trinajstić information content (AvgIpc) is 2.72. The normalized spacial score (nSPS) is 11.1. The first kappa shape index (κ1) is 29.1. The number of Topliss-reactive ketones (excluding diaryl/α,β-unsaturated/α-hetero) is 1. The molecule has 0 aliphatic rings. The fourth-order valence-electron chi connectivity index (χ4n) is 4.12. The van der Waals surface area contributed by atoms with E-state index in [9.17, 15) is 9.59 Å². The van der Waals surface area contributed by atoms with Crippen molar-refractivity contribution in [2.45, 2.75) is 161 Å². The van der Waals surface area contributed by atoms with E-state index < -0.39 is 5.97 Å². The molecule has 0 aliphatic carbocycles. The van der Waals surface area contributed by atoms with Crippen LogP contribution in [0.4, 0.5) is 0 Å². The molecule has 0 fully saturated rings. The molecule has 178 valence electrons. The van der Waals surface area contributed by atoms with Gasteiger partial charge in [-0.2, -0.15) is 0 Å². The van der Waals surface area contributed by atoms with Crippen LogP contribution < -0.4 is 0 Å². The second kappa shape index (κ2) is 24.4. The van der Waals surface area contributed by atoms with E-state index in [-0.39, 0.29) is 6.42 Å². The number of ketones is 1. The molecule has 1 N–H and O–H groups in total. The van der Waals surface area contributed by atoms with E-state index in [0.29, 0.717) is 25.0 Å². The van der Waals surface area contributed by atoms with Gasteiger partial charge in [0.15, 0.2) is 0 Å². The van der Waals surface area contributed by atoms with Gasteiger partial charge in [-0.1, -0.05) is 122 Å². The van der Waals surface area contributed by atoms with E-state index >= 15 is 0 Å². The van der Waals surface area contributed by atoms with Crippen LogP contribution in [0, 0.1) is 0 Å². The van der Waals surface area contributed by atoms with Crippen molar-refractivity contribution in [3.8, 4) is 0 Å². The predicted octanol–water partition coefficient (Wildman–Crippen LogP) is 9.02. The standard InChI is InChI=1S/C27H52O3/c1-2-3-4-5-6-7-8-9-10-11-12-13-14-15-16-17-18-19-20-23-26(28)24-21-22-25-27(29)30/h2-25H2,1H3,(H,29,30). The van der Waals surface area contributed by atoms with Crippen LogP contribution in [0.2, 0.25) is 0 Å². The van der Waals surface area contributed by atoms with Crippen molar-refractivity contribution in [3.63, 3.8) is 0 Å². The maximum atomic E-state index is 11.7. The third-order valence-corrected chi connectivity index (χ3v) is 6.16. The van der Waals surface area contributed by atoms with Crippen LogP contribution in [0.5, 0.6) is 0 Å². The fraction of sp³-hybridized carbons (Fsp3) is 0.926. The average molecular weight is 425 g/mol. The summed E-state index contributed by atoms with van der Waals surface area (Å²) < 4.78 is 0. The number of hydrogen-bond donors (Lipinski definition) is 1. The summed E-state index contributed by atoms with van der Waals surface area (Å²) in [5.41, 5.74) is 0. The molecule has 0 saturated carbocycles. The lowest BCUT2D eigenvalue weighted by Gasteiger charge is -2.04. The molecule has 0 radical (unpaired) electrons. The third kappa shape index (κ3) is 25.2. The van der Waals surface area contributed by atoms with E-state index in [2.05, 4.69) is 6.92 Å². The number of rotatable bonds is 25. The highest BCUT2D eigenvalue weighted by Gasteiger charge is 2.03. The first-order valence-electron chi connectivity index (χ1n) is 13.4. The van der Waals surface area contributed by atoms with Crippen LogP contribution >= 0.6 is 0 Å². The second-order valence-corrected chi connectivity index (χ2v) is 9.25. The molecule has 0 bridgehead atoms. The Hall–Kier alpha value is -0.860. The molecule has 0 unspecified atom stereocenters. The van der Waals surface area contributed by atoms with Gasteiger partial charge in [-0.25, -0.2) is 0 Å². The monoisotopic (exact) mass is 424 g/mol. The lowest BCUT2D eigenvalue weighted by atomic mass is 10.0. The molecule has 0 atom stereocenters. The molecule has 0 aliphatic heterocycles. The molecule has 0 aromatic carbocycles. The highest BCUT2D eigenvalue weighted by molar-refractivity contribution is 5.78. The molecule has 0 saturated heterocycles. The van der Waals surface area contributed by atoms with Gasteiger partial charge in [0.2, 0.25) is 0 Å². The lowest BCUT2D eigenvalue weighted by Crippen LogP contribution is -1.99. The minimum absolute atomic E-state index is 0.187. The van der Waals surface area contributed by atoms with Gasteiger partial charge in [-0.3, -0.25) is 9.59 Å². The van der Waals surface area contributed by atoms with Crippen molar-refractivity contribution in [3.05, 3.63) is 0 Å². The number of carbonyl (C=O) groups excluding carboxylic acids is 1. The van der Waals surface area contributed by atoms with Crippen LogP contribution in [0.15, 0.2) is 0 Å². The summed E-state index contributed by atoms with van der Waals surface area (Å²) in [5, 5.41) is 8.57. The van der Waals surface area contributed by atoms with Crippen molar-refractivity contribution >= 4 is 11.8 Å². The minimum atomic E-state index is -0.763. The maximum absolute atomic E-state index is 11.7. The van der Waals surface area contributed by atoms with Crippen LogP contribution in [0.3, 0.4) is 0 Å². The van der Waals surface area contributed by atoms with Crippen molar-refractivity contribution in [1.29, 1.82) is 0 Å². The molecule has 0 spiro atoms. The molecular formula is C27H52O3. The van der Waals surface area contributed by atoms with Gasteiger partial charge in [-0.05, 0) is 19.3 Å². The van der Waals surface area contributed by atoms with Gasteiger partial charge in [0.1, 0.15) is 5.78 Å². The van der Waals surface area contributed by atoms with E-state index in [1.807, 2.05) is 0 Å². The van der Waals surface area contributed by atoms with Gasteiger partial charge in [0.05, 0.1) is 0 Å². The summed E-state index contributed by atoms with van der Waals surface area (Å²) in [7, 11) is 0. The van der Waals surface area contributed by atoms with Gasteiger partial charge < -0.3 is 5.11 Å². The fourth-order valence-corrected chi connectivity index (χ4v) is 4.12.